The molecule has 0 atom stereocenters. The summed E-state index contributed by atoms with van der Waals surface area (Å²) in [5.74, 6) is -1.24. The van der Waals surface area contributed by atoms with Crippen LogP contribution in [0.2, 0.25) is 0 Å². The lowest BCUT2D eigenvalue weighted by atomic mass is 10.0. The maximum Gasteiger partial charge on any atom is 0.419 e. The Hall–Kier alpha value is -1.45. The molecule has 0 saturated carbocycles. The van der Waals surface area contributed by atoms with Crippen LogP contribution in [0, 0.1) is 0 Å². The van der Waals surface area contributed by atoms with E-state index < -0.39 is 5.97 Å². The van der Waals surface area contributed by atoms with Gasteiger partial charge in [-0.2, -0.15) is 4.79 Å². The maximum atomic E-state index is 10.8. The van der Waals surface area contributed by atoms with Crippen LogP contribution in [0.5, 0.6) is 0 Å². The summed E-state index contributed by atoms with van der Waals surface area (Å²) in [5, 5.41) is 8.81. The smallest absolute Gasteiger partial charge is 0.419 e. The fourth-order valence-corrected chi connectivity index (χ4v) is 1.71. The third-order valence-electron chi connectivity index (χ3n) is 2.01. The van der Waals surface area contributed by atoms with Gasteiger partial charge in [0.2, 0.25) is 0 Å². The number of aliphatic carboxylic acids is 1. The topological polar surface area (TPSA) is 73.7 Å². The first-order valence-electron chi connectivity index (χ1n) is 4.34. The van der Waals surface area contributed by atoms with E-state index in [1.54, 1.807) is 12.1 Å². The van der Waals surface area contributed by atoms with E-state index >= 15 is 0 Å². The number of nitrogens with zero attached hydrogens (tertiary/aromatic N) is 2. The van der Waals surface area contributed by atoms with Gasteiger partial charge in [-0.05, 0) is 30.2 Å². The van der Waals surface area contributed by atoms with E-state index in [1.165, 1.54) is 0 Å². The van der Waals surface area contributed by atoms with Crippen LogP contribution >= 0.6 is 15.9 Å². The number of hydrogen-bond donors (Lipinski definition) is 1. The van der Waals surface area contributed by atoms with Gasteiger partial charge in [-0.1, -0.05) is 22.9 Å². The van der Waals surface area contributed by atoms with Crippen molar-refractivity contribution >= 4 is 27.6 Å². The van der Waals surface area contributed by atoms with E-state index in [9.17, 15) is 4.79 Å². The predicted molar refractivity (Wildman–Crippen MR) is 58.9 cm³/mol. The van der Waals surface area contributed by atoms with E-state index in [2.05, 4.69) is 20.7 Å². The summed E-state index contributed by atoms with van der Waals surface area (Å²) in [6, 6.07) is 5.14. The molecule has 0 amide bonds. The summed E-state index contributed by atoms with van der Waals surface area (Å²) in [6.45, 7) is 1.90. The lowest BCUT2D eigenvalue weighted by Crippen LogP contribution is -2.17. The fraction of sp³-hybridized carbons (Fsp3) is 0.200. The van der Waals surface area contributed by atoms with Crippen molar-refractivity contribution in [3.05, 3.63) is 39.3 Å². The molecular formula is C10H9BrN2O2. The standard InChI is InChI=1S/C10H9BrN2O2/c1-2-6-5-7(11)3-4-8(6)9(13-12)10(14)15/h3-5H,2H2,1H3,(H,14,15). The SMILES string of the molecule is CCc1cc(Br)ccc1C(=[N+]=[N-])C(=O)O. The Morgan fingerprint density at radius 2 is 2.27 bits per heavy atom. The van der Waals surface area contributed by atoms with Gasteiger partial charge in [-0.15, -0.1) is 0 Å². The molecule has 5 heteroatoms. The van der Waals surface area contributed by atoms with Crippen molar-refractivity contribution in [2.75, 3.05) is 0 Å². The zero-order valence-corrected chi connectivity index (χ0v) is 9.65. The highest BCUT2D eigenvalue weighted by Crippen LogP contribution is 2.17. The molecule has 0 aliphatic heterocycles. The second-order valence-electron chi connectivity index (χ2n) is 2.91. The molecule has 0 fully saturated rings. The number of rotatable bonds is 3. The number of carbonyl (C=O) groups is 1. The van der Waals surface area contributed by atoms with Crippen LogP contribution in [0.15, 0.2) is 22.7 Å². The van der Waals surface area contributed by atoms with Gasteiger partial charge in [0.25, 0.3) is 0 Å². The third-order valence-corrected chi connectivity index (χ3v) is 2.50. The molecule has 0 bridgehead atoms. The first-order valence-corrected chi connectivity index (χ1v) is 5.13. The minimum absolute atomic E-state index is 0.334. The average Bonchev–Trinajstić information content (AvgIpc) is 2.20. The number of aryl methyl sites for hydroxylation is 1. The molecule has 0 saturated heterocycles. The Labute approximate surface area is 95.3 Å². The minimum Gasteiger partial charge on any atom is -0.472 e. The van der Waals surface area contributed by atoms with Gasteiger partial charge in [0.1, 0.15) is 0 Å². The van der Waals surface area contributed by atoms with Gasteiger partial charge in [0.15, 0.2) is 0 Å². The van der Waals surface area contributed by atoms with Gasteiger partial charge >= 0.3 is 11.7 Å². The van der Waals surface area contributed by atoms with E-state index in [4.69, 9.17) is 10.6 Å². The molecule has 0 heterocycles. The first kappa shape index (κ1) is 11.6. The lowest BCUT2D eigenvalue weighted by molar-refractivity contribution is -0.133. The van der Waals surface area contributed by atoms with Crippen molar-refractivity contribution in [3.63, 3.8) is 0 Å². The number of halogens is 1. The quantitative estimate of drug-likeness (QED) is 0.518. The normalized spacial score (nSPS) is 9.47. The number of carboxylic acids is 1. The molecule has 0 aliphatic carbocycles. The maximum absolute atomic E-state index is 10.8. The average molecular weight is 269 g/mol. The first-order chi connectivity index (χ1) is 7.10. The summed E-state index contributed by atoms with van der Waals surface area (Å²) >= 11 is 3.30. The molecule has 1 aromatic carbocycles. The van der Waals surface area contributed by atoms with Gasteiger partial charge in [-0.25, -0.2) is 4.79 Å². The zero-order valence-electron chi connectivity index (χ0n) is 8.07. The second kappa shape index (κ2) is 4.87. The van der Waals surface area contributed by atoms with E-state index in [-0.39, 0.29) is 5.71 Å². The summed E-state index contributed by atoms with van der Waals surface area (Å²) in [5.41, 5.74) is 9.56. The Bertz CT molecular complexity index is 451. The molecule has 1 N–H and O–H groups in total. The van der Waals surface area contributed by atoms with Crippen LogP contribution in [0.1, 0.15) is 18.1 Å². The highest BCUT2D eigenvalue weighted by Gasteiger charge is 2.24. The molecule has 4 nitrogen and oxygen atoms in total. The van der Waals surface area contributed by atoms with Crippen LogP contribution in [-0.2, 0) is 11.2 Å². The van der Waals surface area contributed by atoms with Crippen molar-refractivity contribution in [2.24, 2.45) is 0 Å². The fourth-order valence-electron chi connectivity index (χ4n) is 1.30. The highest BCUT2D eigenvalue weighted by molar-refractivity contribution is 9.10. The van der Waals surface area contributed by atoms with Crippen LogP contribution < -0.4 is 0 Å². The molecular weight excluding hydrogens is 260 g/mol. The largest absolute Gasteiger partial charge is 0.472 e. The highest BCUT2D eigenvalue weighted by atomic mass is 79.9. The third kappa shape index (κ3) is 2.52. The van der Waals surface area contributed by atoms with Gasteiger partial charge in [0, 0.05) is 4.47 Å². The van der Waals surface area contributed by atoms with Crippen molar-refractivity contribution in [1.82, 2.24) is 0 Å². The van der Waals surface area contributed by atoms with Crippen LogP contribution in [0.25, 0.3) is 5.53 Å². The molecule has 0 aliphatic rings. The van der Waals surface area contributed by atoms with Crippen molar-refractivity contribution in [1.29, 1.82) is 0 Å². The zero-order chi connectivity index (χ0) is 11.4. The summed E-state index contributed by atoms with van der Waals surface area (Å²) < 4.78 is 0.866. The van der Waals surface area contributed by atoms with E-state index in [0.717, 1.165) is 10.0 Å². The van der Waals surface area contributed by atoms with Crippen LogP contribution in [0.3, 0.4) is 0 Å². The molecule has 1 aromatic rings. The van der Waals surface area contributed by atoms with Gasteiger partial charge in [0.05, 0.1) is 5.56 Å². The number of benzene rings is 1. The van der Waals surface area contributed by atoms with E-state index in [1.807, 2.05) is 13.0 Å². The Kier molecular flexibility index (Phi) is 3.77. The molecule has 0 aromatic heterocycles. The Morgan fingerprint density at radius 1 is 1.60 bits per heavy atom. The number of carboxylic acid groups (broad SMARTS) is 1. The molecule has 1 rings (SSSR count). The minimum atomic E-state index is -1.24. The lowest BCUT2D eigenvalue weighted by Gasteiger charge is -2.02. The van der Waals surface area contributed by atoms with Gasteiger partial charge < -0.3 is 10.6 Å². The molecule has 0 spiro atoms. The second-order valence-corrected chi connectivity index (χ2v) is 3.82. The molecule has 0 radical (unpaired) electrons. The molecule has 78 valence electrons. The molecule has 15 heavy (non-hydrogen) atoms. The Balaban J connectivity index is 3.36. The van der Waals surface area contributed by atoms with Crippen molar-refractivity contribution < 1.29 is 14.7 Å². The summed E-state index contributed by atoms with van der Waals surface area (Å²) in [7, 11) is 0. The molecule has 0 unspecified atom stereocenters. The Morgan fingerprint density at radius 3 is 2.73 bits per heavy atom. The van der Waals surface area contributed by atoms with Gasteiger partial charge in [-0.3, -0.25) is 0 Å². The van der Waals surface area contributed by atoms with Crippen molar-refractivity contribution in [3.8, 4) is 0 Å². The van der Waals surface area contributed by atoms with Crippen LogP contribution in [-0.4, -0.2) is 21.6 Å². The monoisotopic (exact) mass is 268 g/mol. The number of hydrogen-bond acceptors (Lipinski definition) is 1. The summed E-state index contributed by atoms with van der Waals surface area (Å²) in [6.07, 6.45) is 0.668. The summed E-state index contributed by atoms with van der Waals surface area (Å²) in [4.78, 5) is 13.6. The predicted octanol–water partition coefficient (Wildman–Crippen LogP) is 2.11. The van der Waals surface area contributed by atoms with Crippen LogP contribution in [0.4, 0.5) is 0 Å². The van der Waals surface area contributed by atoms with Crippen molar-refractivity contribution in [2.45, 2.75) is 13.3 Å². The van der Waals surface area contributed by atoms with E-state index in [0.29, 0.717) is 12.0 Å².